The Morgan fingerprint density at radius 1 is 1.00 bits per heavy atom. The Bertz CT molecular complexity index is 829. The Balaban J connectivity index is 1.53. The van der Waals surface area contributed by atoms with Gasteiger partial charge in [-0.25, -0.2) is 0 Å². The van der Waals surface area contributed by atoms with Crippen molar-refractivity contribution in [1.82, 2.24) is 5.32 Å². The van der Waals surface area contributed by atoms with Gasteiger partial charge in [0.2, 0.25) is 5.91 Å². The van der Waals surface area contributed by atoms with Crippen LogP contribution in [0, 0.1) is 0 Å². The van der Waals surface area contributed by atoms with Crippen molar-refractivity contribution in [2.45, 2.75) is 38.4 Å². The molecule has 0 spiro atoms. The van der Waals surface area contributed by atoms with Crippen LogP contribution in [0.25, 0.3) is 0 Å². The predicted molar refractivity (Wildman–Crippen MR) is 111 cm³/mol. The number of anilines is 1. The molecule has 2 atom stereocenters. The minimum Gasteiger partial charge on any atom is -0.378 e. The lowest BCUT2D eigenvalue weighted by Gasteiger charge is -2.29. The zero-order valence-corrected chi connectivity index (χ0v) is 17.2. The largest absolute Gasteiger partial charge is 0.416 e. The summed E-state index contributed by atoms with van der Waals surface area (Å²) in [5, 5.41) is 2.98. The molecule has 162 valence electrons. The number of amides is 1. The molecule has 0 bridgehead atoms. The Hall–Kier alpha value is -2.54. The summed E-state index contributed by atoms with van der Waals surface area (Å²) in [6.45, 7) is 6.95. The van der Waals surface area contributed by atoms with Gasteiger partial charge in [-0.3, -0.25) is 4.79 Å². The number of alkyl halides is 3. The average Bonchev–Trinajstić information content (AvgIpc) is 2.74. The number of carbonyl (C=O) groups excluding carboxylic acids is 1. The molecule has 1 aliphatic rings. The van der Waals surface area contributed by atoms with E-state index >= 15 is 0 Å². The number of nitrogens with one attached hydrogen (secondary N) is 1. The van der Waals surface area contributed by atoms with Crippen LogP contribution < -0.4 is 10.2 Å². The zero-order chi connectivity index (χ0) is 21.7. The topological polar surface area (TPSA) is 41.6 Å². The van der Waals surface area contributed by atoms with Gasteiger partial charge in [-0.1, -0.05) is 31.2 Å². The standard InChI is InChI=1S/C23H27F3N2O2/c1-16(18-3-7-20(8-4-18)23(24,25)26)15-22(29)27-17(2)19-5-9-21(10-6-19)28-11-13-30-14-12-28/h3-10,16-17H,11-15H2,1-2H3,(H,27,29). The summed E-state index contributed by atoms with van der Waals surface area (Å²) in [7, 11) is 0. The molecule has 0 aromatic heterocycles. The van der Waals surface area contributed by atoms with E-state index in [1.54, 1.807) is 0 Å². The quantitative estimate of drug-likeness (QED) is 0.722. The lowest BCUT2D eigenvalue weighted by atomic mass is 9.96. The van der Waals surface area contributed by atoms with Crippen LogP contribution in [0.2, 0.25) is 0 Å². The summed E-state index contributed by atoms with van der Waals surface area (Å²) < 4.78 is 43.5. The third-order valence-electron chi connectivity index (χ3n) is 5.45. The number of hydrogen-bond acceptors (Lipinski definition) is 3. The summed E-state index contributed by atoms with van der Waals surface area (Å²) in [6.07, 6.45) is -4.15. The SMILES string of the molecule is CC(CC(=O)NC(C)c1ccc(N2CCOCC2)cc1)c1ccc(C(F)(F)F)cc1. The summed E-state index contributed by atoms with van der Waals surface area (Å²) >= 11 is 0. The van der Waals surface area contributed by atoms with Crippen molar-refractivity contribution >= 4 is 11.6 Å². The van der Waals surface area contributed by atoms with E-state index in [9.17, 15) is 18.0 Å². The Morgan fingerprint density at radius 2 is 1.57 bits per heavy atom. The van der Waals surface area contributed by atoms with Gasteiger partial charge in [0.15, 0.2) is 0 Å². The highest BCUT2D eigenvalue weighted by Crippen LogP contribution is 2.30. The first kappa shape index (κ1) is 22.2. The number of morpholine rings is 1. The number of rotatable bonds is 6. The average molecular weight is 420 g/mol. The smallest absolute Gasteiger partial charge is 0.378 e. The molecular formula is C23H27F3N2O2. The minimum atomic E-state index is -4.36. The van der Waals surface area contributed by atoms with Crippen LogP contribution in [0.1, 0.15) is 48.9 Å². The lowest BCUT2D eigenvalue weighted by molar-refractivity contribution is -0.137. The summed E-state index contributed by atoms with van der Waals surface area (Å²) in [5.74, 6) is -0.310. The molecule has 3 rings (SSSR count). The van der Waals surface area contributed by atoms with Gasteiger partial charge in [0.25, 0.3) is 0 Å². The van der Waals surface area contributed by atoms with E-state index in [0.717, 1.165) is 49.7 Å². The van der Waals surface area contributed by atoms with E-state index in [4.69, 9.17) is 4.74 Å². The fourth-order valence-electron chi connectivity index (χ4n) is 3.58. The highest BCUT2D eigenvalue weighted by Gasteiger charge is 2.30. The van der Waals surface area contributed by atoms with E-state index in [-0.39, 0.29) is 24.3 Å². The van der Waals surface area contributed by atoms with Gasteiger partial charge in [0, 0.05) is 25.2 Å². The number of benzene rings is 2. The number of carbonyl (C=O) groups is 1. The molecule has 4 nitrogen and oxygen atoms in total. The van der Waals surface area contributed by atoms with Crippen LogP contribution in [0.3, 0.4) is 0 Å². The van der Waals surface area contributed by atoms with Crippen molar-refractivity contribution in [3.8, 4) is 0 Å². The summed E-state index contributed by atoms with van der Waals surface area (Å²) in [6, 6.07) is 13.0. The maximum absolute atomic E-state index is 12.7. The van der Waals surface area contributed by atoms with Gasteiger partial charge < -0.3 is 15.0 Å². The van der Waals surface area contributed by atoms with E-state index < -0.39 is 11.7 Å². The van der Waals surface area contributed by atoms with Crippen LogP contribution in [0.4, 0.5) is 18.9 Å². The van der Waals surface area contributed by atoms with Gasteiger partial charge in [-0.2, -0.15) is 13.2 Å². The molecule has 2 unspecified atom stereocenters. The maximum atomic E-state index is 12.7. The van der Waals surface area contributed by atoms with Crippen LogP contribution in [-0.4, -0.2) is 32.2 Å². The van der Waals surface area contributed by atoms with Crippen molar-refractivity contribution in [1.29, 1.82) is 0 Å². The molecule has 1 fully saturated rings. The lowest BCUT2D eigenvalue weighted by Crippen LogP contribution is -2.36. The predicted octanol–water partition coefficient (Wildman–Crippen LogP) is 4.91. The summed E-state index contributed by atoms with van der Waals surface area (Å²) in [4.78, 5) is 14.7. The molecule has 2 aromatic rings. The normalized spacial score (nSPS) is 16.8. The van der Waals surface area contributed by atoms with Crippen molar-refractivity contribution in [3.63, 3.8) is 0 Å². The first-order valence-corrected chi connectivity index (χ1v) is 10.1. The van der Waals surface area contributed by atoms with E-state index in [1.807, 2.05) is 38.1 Å². The van der Waals surface area contributed by atoms with Gasteiger partial charge in [-0.05, 0) is 48.2 Å². The molecule has 0 aliphatic carbocycles. The number of hydrogen-bond donors (Lipinski definition) is 1. The molecule has 30 heavy (non-hydrogen) atoms. The molecule has 1 aliphatic heterocycles. The molecule has 7 heteroatoms. The van der Waals surface area contributed by atoms with E-state index in [2.05, 4.69) is 10.2 Å². The van der Waals surface area contributed by atoms with Crippen LogP contribution in [0.15, 0.2) is 48.5 Å². The third kappa shape index (κ3) is 5.75. The number of halogens is 3. The van der Waals surface area contributed by atoms with Crippen molar-refractivity contribution < 1.29 is 22.7 Å². The molecule has 1 heterocycles. The highest BCUT2D eigenvalue weighted by atomic mass is 19.4. The van der Waals surface area contributed by atoms with Gasteiger partial charge in [0.05, 0.1) is 24.8 Å². The molecule has 0 radical (unpaired) electrons. The second-order valence-corrected chi connectivity index (χ2v) is 7.71. The Labute approximate surface area is 175 Å². The monoisotopic (exact) mass is 420 g/mol. The van der Waals surface area contributed by atoms with Crippen molar-refractivity contribution in [3.05, 3.63) is 65.2 Å². The van der Waals surface area contributed by atoms with Crippen LogP contribution in [0.5, 0.6) is 0 Å². The fourth-order valence-corrected chi connectivity index (χ4v) is 3.58. The van der Waals surface area contributed by atoms with E-state index in [1.165, 1.54) is 12.1 Å². The maximum Gasteiger partial charge on any atom is 0.416 e. The molecule has 1 N–H and O–H groups in total. The molecule has 2 aromatic carbocycles. The molecule has 1 amide bonds. The van der Waals surface area contributed by atoms with Crippen molar-refractivity contribution in [2.24, 2.45) is 0 Å². The van der Waals surface area contributed by atoms with Gasteiger partial charge in [-0.15, -0.1) is 0 Å². The zero-order valence-electron chi connectivity index (χ0n) is 17.2. The summed E-state index contributed by atoms with van der Waals surface area (Å²) in [5.41, 5.74) is 2.16. The van der Waals surface area contributed by atoms with Crippen molar-refractivity contribution in [2.75, 3.05) is 31.2 Å². The number of nitrogens with zero attached hydrogens (tertiary/aromatic N) is 1. The van der Waals surface area contributed by atoms with E-state index in [0.29, 0.717) is 5.56 Å². The first-order chi connectivity index (χ1) is 14.2. The molecular weight excluding hydrogens is 393 g/mol. The van der Waals surface area contributed by atoms with Crippen LogP contribution in [-0.2, 0) is 15.7 Å². The second kappa shape index (κ2) is 9.51. The fraction of sp³-hybridized carbons (Fsp3) is 0.435. The second-order valence-electron chi connectivity index (χ2n) is 7.71. The van der Waals surface area contributed by atoms with Gasteiger partial charge >= 0.3 is 6.18 Å². The Kier molecular flexibility index (Phi) is 7.02. The third-order valence-corrected chi connectivity index (χ3v) is 5.45. The number of ether oxygens (including phenoxy) is 1. The van der Waals surface area contributed by atoms with Crippen LogP contribution >= 0.6 is 0 Å². The molecule has 0 saturated carbocycles. The minimum absolute atomic E-state index is 0.132. The highest BCUT2D eigenvalue weighted by molar-refractivity contribution is 5.77. The first-order valence-electron chi connectivity index (χ1n) is 10.1. The molecule has 1 saturated heterocycles. The Morgan fingerprint density at radius 3 is 2.13 bits per heavy atom. The van der Waals surface area contributed by atoms with Gasteiger partial charge in [0.1, 0.15) is 0 Å².